The van der Waals surface area contributed by atoms with E-state index < -0.39 is 0 Å². The number of rotatable bonds is 4. The summed E-state index contributed by atoms with van der Waals surface area (Å²) in [5, 5.41) is 2.41. The van der Waals surface area contributed by atoms with Gasteiger partial charge in [0.25, 0.3) is 0 Å². The molecule has 0 atom stereocenters. The third-order valence-electron chi connectivity index (χ3n) is 8.15. The van der Waals surface area contributed by atoms with E-state index in [0.29, 0.717) is 0 Å². The Morgan fingerprint density at radius 1 is 0.513 bits per heavy atom. The van der Waals surface area contributed by atoms with Crippen molar-refractivity contribution in [1.29, 1.82) is 0 Å². The molecule has 6 aromatic carbocycles. The zero-order valence-electron chi connectivity index (χ0n) is 22.0. The normalized spacial score (nSPS) is 13.2. The molecule has 0 aliphatic heterocycles. The van der Waals surface area contributed by atoms with Crippen molar-refractivity contribution in [3.63, 3.8) is 0 Å². The maximum absolute atomic E-state index is 3.78. The molecular weight excluding hydrogens is 538 g/mol. The van der Waals surface area contributed by atoms with E-state index in [0.717, 1.165) is 21.5 Å². The predicted octanol–water partition coefficient (Wildman–Crippen LogP) is 11.0. The molecule has 0 N–H and O–H groups in total. The summed E-state index contributed by atoms with van der Waals surface area (Å²) >= 11 is 3.78. The zero-order chi connectivity index (χ0) is 26.6. The molecule has 7 rings (SSSR count). The monoisotopic (exact) mass is 565 g/mol. The number of benzene rings is 6. The van der Waals surface area contributed by atoms with Crippen LogP contribution in [0.2, 0.25) is 0 Å². The number of fused-ring (bicyclic) bond motifs is 4. The van der Waals surface area contributed by atoms with Gasteiger partial charge in [0.15, 0.2) is 0 Å². The van der Waals surface area contributed by atoms with Crippen molar-refractivity contribution in [2.24, 2.45) is 0 Å². The lowest BCUT2D eigenvalue weighted by Crippen LogP contribution is -2.16. The van der Waals surface area contributed by atoms with E-state index in [4.69, 9.17) is 0 Å². The highest BCUT2D eigenvalue weighted by Gasteiger charge is 2.35. The number of halogens is 1. The van der Waals surface area contributed by atoms with E-state index in [-0.39, 0.29) is 5.41 Å². The van der Waals surface area contributed by atoms with Crippen LogP contribution >= 0.6 is 15.9 Å². The minimum atomic E-state index is -0.0629. The van der Waals surface area contributed by atoms with E-state index in [1.54, 1.807) is 0 Å². The van der Waals surface area contributed by atoms with Gasteiger partial charge in [0.05, 0.1) is 5.69 Å². The van der Waals surface area contributed by atoms with Crippen LogP contribution in [0.25, 0.3) is 33.0 Å². The molecule has 0 fully saturated rings. The van der Waals surface area contributed by atoms with Crippen molar-refractivity contribution >= 4 is 43.8 Å². The molecule has 1 aliphatic carbocycles. The molecule has 2 heteroatoms. The fraction of sp³-hybridized carbons (Fsp3) is 0.0811. The Kier molecular flexibility index (Phi) is 5.68. The standard InChI is InChI=1S/C37H28BrN/c1-37(2)33-15-9-8-12-29(33)30-21-20-28(24-34(30)37)39(36-23-22-35(38)31-13-6-7-14-32(31)36)27-18-16-26(17-19-27)25-10-4-3-5-11-25/h3-24H,1-2H3. The van der Waals surface area contributed by atoms with Crippen molar-refractivity contribution in [2.45, 2.75) is 19.3 Å². The average molecular weight is 567 g/mol. The third-order valence-corrected chi connectivity index (χ3v) is 8.84. The molecule has 0 spiro atoms. The van der Waals surface area contributed by atoms with Crippen LogP contribution in [0.3, 0.4) is 0 Å². The Morgan fingerprint density at radius 3 is 1.92 bits per heavy atom. The van der Waals surface area contributed by atoms with Gasteiger partial charge in [-0.15, -0.1) is 0 Å². The van der Waals surface area contributed by atoms with Gasteiger partial charge in [-0.3, -0.25) is 0 Å². The first-order chi connectivity index (χ1) is 19.0. The molecule has 0 amide bonds. The molecular formula is C37H28BrN. The molecule has 0 heterocycles. The molecule has 0 aromatic heterocycles. The summed E-state index contributed by atoms with van der Waals surface area (Å²) in [5.41, 5.74) is 11.3. The van der Waals surface area contributed by atoms with Gasteiger partial charge in [-0.2, -0.15) is 0 Å². The number of hydrogen-bond acceptors (Lipinski definition) is 1. The van der Waals surface area contributed by atoms with E-state index in [1.807, 2.05) is 0 Å². The molecule has 1 aliphatic rings. The van der Waals surface area contributed by atoms with Crippen LogP contribution in [0.4, 0.5) is 17.1 Å². The number of hydrogen-bond donors (Lipinski definition) is 0. The molecule has 39 heavy (non-hydrogen) atoms. The van der Waals surface area contributed by atoms with Gasteiger partial charge in [0, 0.05) is 26.6 Å². The van der Waals surface area contributed by atoms with E-state index in [9.17, 15) is 0 Å². The van der Waals surface area contributed by atoms with Gasteiger partial charge in [-0.1, -0.05) is 127 Å². The summed E-state index contributed by atoms with van der Waals surface area (Å²) in [6.07, 6.45) is 0. The maximum atomic E-state index is 3.78. The van der Waals surface area contributed by atoms with Crippen molar-refractivity contribution in [2.75, 3.05) is 4.90 Å². The predicted molar refractivity (Wildman–Crippen MR) is 169 cm³/mol. The van der Waals surface area contributed by atoms with Crippen molar-refractivity contribution in [3.8, 4) is 22.3 Å². The molecule has 0 unspecified atom stereocenters. The van der Waals surface area contributed by atoms with Crippen LogP contribution in [0.15, 0.2) is 138 Å². The Morgan fingerprint density at radius 2 is 1.13 bits per heavy atom. The second-order valence-electron chi connectivity index (χ2n) is 10.8. The average Bonchev–Trinajstić information content (AvgIpc) is 3.21. The summed E-state index contributed by atoms with van der Waals surface area (Å²) in [6.45, 7) is 4.69. The lowest BCUT2D eigenvalue weighted by Gasteiger charge is -2.29. The molecule has 0 saturated carbocycles. The lowest BCUT2D eigenvalue weighted by molar-refractivity contribution is 0.660. The van der Waals surface area contributed by atoms with Gasteiger partial charge < -0.3 is 4.90 Å². The van der Waals surface area contributed by atoms with Crippen LogP contribution in [0, 0.1) is 0 Å². The van der Waals surface area contributed by atoms with Crippen LogP contribution < -0.4 is 4.90 Å². The zero-order valence-corrected chi connectivity index (χ0v) is 23.6. The van der Waals surface area contributed by atoms with Crippen molar-refractivity contribution in [3.05, 3.63) is 149 Å². The van der Waals surface area contributed by atoms with Gasteiger partial charge in [0.2, 0.25) is 0 Å². The summed E-state index contributed by atoms with van der Waals surface area (Å²) in [4.78, 5) is 2.41. The molecule has 0 bridgehead atoms. The van der Waals surface area contributed by atoms with Crippen molar-refractivity contribution in [1.82, 2.24) is 0 Å². The van der Waals surface area contributed by atoms with Gasteiger partial charge in [-0.25, -0.2) is 0 Å². The molecule has 188 valence electrons. The lowest BCUT2D eigenvalue weighted by atomic mass is 9.82. The Hall–Kier alpha value is -4.14. The van der Waals surface area contributed by atoms with Crippen molar-refractivity contribution < 1.29 is 0 Å². The summed E-state index contributed by atoms with van der Waals surface area (Å²) < 4.78 is 1.10. The summed E-state index contributed by atoms with van der Waals surface area (Å²) in [6, 6.07) is 48.3. The Labute approximate surface area is 238 Å². The topological polar surface area (TPSA) is 3.24 Å². The van der Waals surface area contributed by atoms with Crippen LogP contribution in [0.5, 0.6) is 0 Å². The molecule has 1 nitrogen and oxygen atoms in total. The SMILES string of the molecule is CC1(C)c2ccccc2-c2ccc(N(c3ccc(-c4ccccc4)cc3)c3ccc(Br)c4ccccc34)cc21. The Bertz CT molecular complexity index is 1830. The molecule has 6 aromatic rings. The number of nitrogens with zero attached hydrogens (tertiary/aromatic N) is 1. The second kappa shape index (κ2) is 9.25. The highest BCUT2D eigenvalue weighted by atomic mass is 79.9. The minimum Gasteiger partial charge on any atom is -0.310 e. The fourth-order valence-corrected chi connectivity index (χ4v) is 6.61. The van der Waals surface area contributed by atoms with Crippen LogP contribution in [-0.2, 0) is 5.41 Å². The van der Waals surface area contributed by atoms with Gasteiger partial charge >= 0.3 is 0 Å². The largest absolute Gasteiger partial charge is 0.310 e. The molecule has 0 radical (unpaired) electrons. The summed E-state index contributed by atoms with van der Waals surface area (Å²) in [5.74, 6) is 0. The third kappa shape index (κ3) is 3.90. The second-order valence-corrected chi connectivity index (χ2v) is 11.6. The fourth-order valence-electron chi connectivity index (χ4n) is 6.13. The maximum Gasteiger partial charge on any atom is 0.0540 e. The first kappa shape index (κ1) is 23.9. The number of anilines is 3. The van der Waals surface area contributed by atoms with E-state index >= 15 is 0 Å². The van der Waals surface area contributed by atoms with Crippen LogP contribution in [-0.4, -0.2) is 0 Å². The van der Waals surface area contributed by atoms with Crippen LogP contribution in [0.1, 0.15) is 25.0 Å². The smallest absolute Gasteiger partial charge is 0.0540 e. The highest BCUT2D eigenvalue weighted by Crippen LogP contribution is 2.51. The van der Waals surface area contributed by atoms with E-state index in [1.165, 1.54) is 44.2 Å². The Balaban J connectivity index is 1.43. The quantitative estimate of drug-likeness (QED) is 0.205. The molecule has 0 saturated heterocycles. The van der Waals surface area contributed by atoms with Gasteiger partial charge in [-0.05, 0) is 75.2 Å². The first-order valence-electron chi connectivity index (χ1n) is 13.4. The minimum absolute atomic E-state index is 0.0629. The summed E-state index contributed by atoms with van der Waals surface area (Å²) in [7, 11) is 0. The van der Waals surface area contributed by atoms with Gasteiger partial charge in [0.1, 0.15) is 0 Å². The first-order valence-corrected chi connectivity index (χ1v) is 14.2. The van der Waals surface area contributed by atoms with E-state index in [2.05, 4.69) is 168 Å². The highest BCUT2D eigenvalue weighted by molar-refractivity contribution is 9.10.